The average molecular weight is 322 g/mol. The molecule has 1 heterocycles. The molecule has 0 saturated heterocycles. The van der Waals surface area contributed by atoms with Crippen molar-refractivity contribution >= 4 is 5.57 Å². The van der Waals surface area contributed by atoms with E-state index in [-0.39, 0.29) is 11.6 Å². The Morgan fingerprint density at radius 2 is 1.83 bits per heavy atom. The van der Waals surface area contributed by atoms with Crippen molar-refractivity contribution in [2.24, 2.45) is 0 Å². The molecule has 1 aliphatic heterocycles. The number of ether oxygens (including phenoxy) is 1. The van der Waals surface area contributed by atoms with Crippen molar-refractivity contribution in [2.45, 2.75) is 24.7 Å². The van der Waals surface area contributed by atoms with Gasteiger partial charge in [0.1, 0.15) is 17.4 Å². The fourth-order valence-electron chi connectivity index (χ4n) is 3.97. The molecule has 0 amide bonds. The summed E-state index contributed by atoms with van der Waals surface area (Å²) >= 11 is 0. The van der Waals surface area contributed by atoms with Crippen LogP contribution in [0.25, 0.3) is 5.57 Å². The van der Waals surface area contributed by atoms with Crippen LogP contribution < -0.4 is 0 Å². The summed E-state index contributed by atoms with van der Waals surface area (Å²) < 4.78 is 33.3. The van der Waals surface area contributed by atoms with Crippen molar-refractivity contribution in [3.05, 3.63) is 76.5 Å². The molecule has 0 fully saturated rings. The van der Waals surface area contributed by atoms with Crippen LogP contribution in [0.4, 0.5) is 8.78 Å². The standard InChI is InChI=1S/C21H16F2O/c1-2-11-21(14-5-7-15(22)8-6-14)19-10-9-16(23)13-18(19)17-4-3-12-24-20(17)21/h1,5-10,13H,3-4,11-12H2/t21-/m0/s1. The minimum absolute atomic E-state index is 0.276. The summed E-state index contributed by atoms with van der Waals surface area (Å²) in [5.74, 6) is 2.98. The summed E-state index contributed by atoms with van der Waals surface area (Å²) in [6.45, 7) is 0.614. The van der Waals surface area contributed by atoms with Crippen LogP contribution in [0, 0.1) is 24.0 Å². The van der Waals surface area contributed by atoms with Crippen LogP contribution in [0.15, 0.2) is 48.2 Å². The molecular formula is C21H16F2O. The van der Waals surface area contributed by atoms with Crippen molar-refractivity contribution in [1.29, 1.82) is 0 Å². The quantitative estimate of drug-likeness (QED) is 0.721. The van der Waals surface area contributed by atoms with Gasteiger partial charge in [-0.1, -0.05) is 18.2 Å². The number of benzene rings is 2. The first-order valence-corrected chi connectivity index (χ1v) is 8.03. The fourth-order valence-corrected chi connectivity index (χ4v) is 3.97. The fraction of sp³-hybridized carbons (Fsp3) is 0.238. The molecule has 2 aromatic carbocycles. The largest absolute Gasteiger partial charge is 0.496 e. The highest BCUT2D eigenvalue weighted by Crippen LogP contribution is 2.55. The predicted octanol–water partition coefficient (Wildman–Crippen LogP) is 4.81. The Bertz CT molecular complexity index is 874. The van der Waals surface area contributed by atoms with Crippen molar-refractivity contribution < 1.29 is 13.5 Å². The summed E-state index contributed by atoms with van der Waals surface area (Å²) in [5, 5.41) is 0. The number of halogens is 2. The van der Waals surface area contributed by atoms with Gasteiger partial charge in [0.15, 0.2) is 0 Å². The van der Waals surface area contributed by atoms with Crippen LogP contribution in [0.3, 0.4) is 0 Å². The molecule has 0 bridgehead atoms. The maximum Gasteiger partial charge on any atom is 0.123 e. The third-order valence-corrected chi connectivity index (χ3v) is 4.95. The van der Waals surface area contributed by atoms with E-state index in [1.807, 2.05) is 0 Å². The van der Waals surface area contributed by atoms with Gasteiger partial charge in [-0.3, -0.25) is 0 Å². The summed E-state index contributed by atoms with van der Waals surface area (Å²) in [6.07, 6.45) is 7.80. The average Bonchev–Trinajstić information content (AvgIpc) is 2.87. The lowest BCUT2D eigenvalue weighted by Crippen LogP contribution is -2.30. The zero-order chi connectivity index (χ0) is 16.7. The molecule has 24 heavy (non-hydrogen) atoms. The Morgan fingerprint density at radius 1 is 1.08 bits per heavy atom. The molecule has 120 valence electrons. The first-order valence-electron chi connectivity index (χ1n) is 8.03. The third kappa shape index (κ3) is 1.99. The third-order valence-electron chi connectivity index (χ3n) is 4.95. The molecule has 0 N–H and O–H groups in total. The smallest absolute Gasteiger partial charge is 0.123 e. The predicted molar refractivity (Wildman–Crippen MR) is 89.1 cm³/mol. The highest BCUT2D eigenvalue weighted by Gasteiger charge is 2.48. The molecule has 2 aromatic rings. The molecule has 4 rings (SSSR count). The van der Waals surface area contributed by atoms with Gasteiger partial charge in [-0.15, -0.1) is 12.3 Å². The Kier molecular flexibility index (Phi) is 3.42. The maximum absolute atomic E-state index is 13.9. The van der Waals surface area contributed by atoms with E-state index in [1.54, 1.807) is 24.3 Å². The SMILES string of the molecule is C#CC[C@@]1(c2ccc(F)cc2)C2=C(CCCO2)c2cc(F)ccc21. The Labute approximate surface area is 140 Å². The molecule has 1 atom stereocenters. The Morgan fingerprint density at radius 3 is 2.58 bits per heavy atom. The molecule has 0 unspecified atom stereocenters. The van der Waals surface area contributed by atoms with Crippen LogP contribution in [0.2, 0.25) is 0 Å². The molecule has 1 aliphatic carbocycles. The van der Waals surface area contributed by atoms with E-state index in [2.05, 4.69) is 5.92 Å². The lowest BCUT2D eigenvalue weighted by Gasteiger charge is -2.33. The highest BCUT2D eigenvalue weighted by molar-refractivity contribution is 5.82. The Hall–Kier alpha value is -2.60. The number of allylic oxidation sites excluding steroid dienone is 2. The van der Waals surface area contributed by atoms with Crippen molar-refractivity contribution in [2.75, 3.05) is 6.61 Å². The van der Waals surface area contributed by atoms with E-state index in [0.29, 0.717) is 13.0 Å². The molecule has 0 aromatic heterocycles. The molecule has 1 nitrogen and oxygen atoms in total. The van der Waals surface area contributed by atoms with E-state index in [9.17, 15) is 8.78 Å². The zero-order valence-corrected chi connectivity index (χ0v) is 13.1. The second-order valence-electron chi connectivity index (χ2n) is 6.24. The molecule has 0 saturated carbocycles. The first kappa shape index (κ1) is 15.0. The number of fused-ring (bicyclic) bond motifs is 2. The molecule has 0 spiro atoms. The maximum atomic E-state index is 13.9. The second-order valence-corrected chi connectivity index (χ2v) is 6.24. The topological polar surface area (TPSA) is 9.23 Å². The van der Waals surface area contributed by atoms with Gasteiger partial charge < -0.3 is 4.74 Å². The van der Waals surface area contributed by atoms with Crippen molar-refractivity contribution in [3.63, 3.8) is 0 Å². The minimum Gasteiger partial charge on any atom is -0.496 e. The van der Waals surface area contributed by atoms with Crippen molar-refractivity contribution in [3.8, 4) is 12.3 Å². The van der Waals surface area contributed by atoms with E-state index in [0.717, 1.165) is 40.9 Å². The van der Waals surface area contributed by atoms with Gasteiger partial charge in [0.25, 0.3) is 0 Å². The van der Waals surface area contributed by atoms with Crippen LogP contribution >= 0.6 is 0 Å². The first-order chi connectivity index (χ1) is 11.7. The van der Waals surface area contributed by atoms with Gasteiger partial charge in [-0.25, -0.2) is 8.78 Å². The lowest BCUT2D eigenvalue weighted by atomic mass is 9.72. The molecule has 3 heteroatoms. The lowest BCUT2D eigenvalue weighted by molar-refractivity contribution is 0.166. The zero-order valence-electron chi connectivity index (χ0n) is 13.1. The minimum atomic E-state index is -0.665. The van der Waals surface area contributed by atoms with E-state index >= 15 is 0 Å². The van der Waals surface area contributed by atoms with Crippen LogP contribution in [0.5, 0.6) is 0 Å². The number of rotatable bonds is 2. The normalized spacial score (nSPS) is 21.7. The number of hydrogen-bond donors (Lipinski definition) is 0. The monoisotopic (exact) mass is 322 g/mol. The van der Waals surface area contributed by atoms with Crippen LogP contribution in [-0.4, -0.2) is 6.61 Å². The molecule has 0 radical (unpaired) electrons. The summed E-state index contributed by atoms with van der Waals surface area (Å²) in [7, 11) is 0. The molecular weight excluding hydrogens is 306 g/mol. The number of terminal acetylenes is 1. The van der Waals surface area contributed by atoms with E-state index in [4.69, 9.17) is 11.2 Å². The Balaban J connectivity index is 2.04. The van der Waals surface area contributed by atoms with Gasteiger partial charge >= 0.3 is 0 Å². The van der Waals surface area contributed by atoms with Gasteiger partial charge in [0.2, 0.25) is 0 Å². The van der Waals surface area contributed by atoms with Gasteiger partial charge in [0.05, 0.1) is 12.0 Å². The van der Waals surface area contributed by atoms with E-state index < -0.39 is 5.41 Å². The summed E-state index contributed by atoms with van der Waals surface area (Å²) in [6, 6.07) is 11.1. The van der Waals surface area contributed by atoms with Crippen LogP contribution in [0.1, 0.15) is 36.0 Å². The van der Waals surface area contributed by atoms with Crippen molar-refractivity contribution in [1.82, 2.24) is 0 Å². The summed E-state index contributed by atoms with van der Waals surface area (Å²) in [4.78, 5) is 0. The number of hydrogen-bond acceptors (Lipinski definition) is 1. The van der Waals surface area contributed by atoms with Gasteiger partial charge in [-0.2, -0.15) is 0 Å². The van der Waals surface area contributed by atoms with Crippen LogP contribution in [-0.2, 0) is 10.2 Å². The highest BCUT2D eigenvalue weighted by atomic mass is 19.1. The summed E-state index contributed by atoms with van der Waals surface area (Å²) in [5.41, 5.74) is 3.04. The second kappa shape index (κ2) is 5.49. The molecule has 2 aliphatic rings. The van der Waals surface area contributed by atoms with E-state index in [1.165, 1.54) is 18.2 Å². The van der Waals surface area contributed by atoms with Gasteiger partial charge in [0, 0.05) is 6.42 Å². The van der Waals surface area contributed by atoms with Gasteiger partial charge in [-0.05, 0) is 59.4 Å².